The van der Waals surface area contributed by atoms with Crippen LogP contribution in [0.3, 0.4) is 0 Å². The highest BCUT2D eigenvalue weighted by Crippen LogP contribution is 2.23. The number of rotatable bonds is 7. The highest BCUT2D eigenvalue weighted by Gasteiger charge is 2.16. The number of quaternary nitrogens is 1. The Hall–Kier alpha value is -1.67. The van der Waals surface area contributed by atoms with Gasteiger partial charge in [0.2, 0.25) is 0 Å². The average Bonchev–Trinajstić information content (AvgIpc) is 2.48. The van der Waals surface area contributed by atoms with Gasteiger partial charge in [0.25, 0.3) is 5.91 Å². The van der Waals surface area contributed by atoms with Gasteiger partial charge >= 0.3 is 0 Å². The lowest BCUT2D eigenvalue weighted by atomic mass is 10.1. The standard InChI is InChI=1S/C15H20BrN3O3/c1-4-12(15(20)19-22-5-2)14(9-17-21)18-13-7-6-11(16)8-10(13)3/h4,6-9,17-18,21H,5H2,1-3H3,(H,19,20)/p+1/b12-4+,14-9+. The Morgan fingerprint density at radius 1 is 1.50 bits per heavy atom. The number of allylic oxidation sites excluding steroid dienone is 1. The van der Waals surface area contributed by atoms with E-state index in [2.05, 4.69) is 26.7 Å². The number of halogens is 1. The quantitative estimate of drug-likeness (QED) is 0.335. The molecule has 0 aliphatic rings. The fourth-order valence-corrected chi connectivity index (χ4v) is 2.26. The average molecular weight is 371 g/mol. The molecule has 120 valence electrons. The minimum Gasteiger partial charge on any atom is -0.350 e. The van der Waals surface area contributed by atoms with E-state index >= 15 is 0 Å². The topological polar surface area (TPSA) is 87.2 Å². The summed E-state index contributed by atoms with van der Waals surface area (Å²) in [4.78, 5) is 17.0. The fraction of sp³-hybridized carbons (Fsp3) is 0.267. The molecular weight excluding hydrogens is 350 g/mol. The molecular formula is C15H21BrN3O3+. The lowest BCUT2D eigenvalue weighted by molar-refractivity contribution is -0.838. The Balaban J connectivity index is 3.02. The molecule has 0 atom stereocenters. The third-order valence-electron chi connectivity index (χ3n) is 2.83. The number of nitrogens with one attached hydrogen (secondary N) is 2. The van der Waals surface area contributed by atoms with Gasteiger partial charge in [-0.3, -0.25) is 9.63 Å². The van der Waals surface area contributed by atoms with Gasteiger partial charge in [0, 0.05) is 10.2 Å². The molecule has 0 saturated heterocycles. The van der Waals surface area contributed by atoms with Crippen molar-refractivity contribution in [3.05, 3.63) is 51.8 Å². The molecule has 0 spiro atoms. The van der Waals surface area contributed by atoms with Crippen molar-refractivity contribution < 1.29 is 20.3 Å². The molecule has 0 bridgehead atoms. The first-order valence-electron chi connectivity index (χ1n) is 6.83. The monoisotopic (exact) mass is 370 g/mol. The number of hydroxylamine groups is 2. The second-order valence-corrected chi connectivity index (χ2v) is 5.30. The number of carbonyl (C=O) groups is 1. The van der Waals surface area contributed by atoms with E-state index in [-0.39, 0.29) is 5.91 Å². The Bertz CT molecular complexity index is 585. The van der Waals surface area contributed by atoms with Crippen LogP contribution in [-0.2, 0) is 9.63 Å². The molecule has 1 aromatic rings. The van der Waals surface area contributed by atoms with Crippen molar-refractivity contribution >= 4 is 27.5 Å². The molecule has 0 unspecified atom stereocenters. The zero-order chi connectivity index (χ0) is 16.5. The summed E-state index contributed by atoms with van der Waals surface area (Å²) in [6.07, 6.45) is 3.06. The SMILES string of the molecule is C/C=C(C(=O)NOCC)\C(=C/[NH2+]O)Nc1ccc(Br)cc1C. The minimum absolute atomic E-state index is 0.362. The maximum atomic E-state index is 12.1. The summed E-state index contributed by atoms with van der Waals surface area (Å²) in [6, 6.07) is 5.74. The molecule has 1 amide bonds. The molecule has 22 heavy (non-hydrogen) atoms. The second-order valence-electron chi connectivity index (χ2n) is 4.38. The highest BCUT2D eigenvalue weighted by molar-refractivity contribution is 9.10. The van der Waals surface area contributed by atoms with E-state index in [0.29, 0.717) is 17.9 Å². The van der Waals surface area contributed by atoms with Crippen LogP contribution in [0.2, 0.25) is 0 Å². The van der Waals surface area contributed by atoms with Gasteiger partial charge in [-0.1, -0.05) is 22.0 Å². The first-order chi connectivity index (χ1) is 10.5. The van der Waals surface area contributed by atoms with E-state index in [9.17, 15) is 4.79 Å². The van der Waals surface area contributed by atoms with Crippen molar-refractivity contribution in [3.63, 3.8) is 0 Å². The molecule has 7 heteroatoms. The fourth-order valence-electron chi connectivity index (χ4n) is 1.79. The summed E-state index contributed by atoms with van der Waals surface area (Å²) < 4.78 is 0.968. The summed E-state index contributed by atoms with van der Waals surface area (Å²) in [5, 5.41) is 12.2. The Morgan fingerprint density at radius 2 is 2.23 bits per heavy atom. The Morgan fingerprint density at radius 3 is 2.77 bits per heavy atom. The van der Waals surface area contributed by atoms with Crippen molar-refractivity contribution in [2.45, 2.75) is 20.8 Å². The van der Waals surface area contributed by atoms with Gasteiger partial charge in [-0.25, -0.2) is 10.7 Å². The van der Waals surface area contributed by atoms with E-state index in [1.807, 2.05) is 25.1 Å². The van der Waals surface area contributed by atoms with Gasteiger partial charge in [0.15, 0.2) is 0 Å². The molecule has 0 aliphatic carbocycles. The van der Waals surface area contributed by atoms with Gasteiger partial charge in [0.05, 0.1) is 12.2 Å². The van der Waals surface area contributed by atoms with E-state index in [1.165, 1.54) is 6.20 Å². The van der Waals surface area contributed by atoms with E-state index in [0.717, 1.165) is 21.2 Å². The number of carbonyl (C=O) groups excluding carboxylic acids is 1. The molecule has 1 rings (SSSR count). The van der Waals surface area contributed by atoms with Crippen LogP contribution in [0, 0.1) is 6.92 Å². The molecule has 0 fully saturated rings. The first-order valence-corrected chi connectivity index (χ1v) is 7.62. The van der Waals surface area contributed by atoms with Crippen LogP contribution in [-0.4, -0.2) is 17.7 Å². The normalized spacial score (nSPS) is 12.2. The number of hydrogen-bond acceptors (Lipinski definition) is 4. The molecule has 5 N–H and O–H groups in total. The summed E-state index contributed by atoms with van der Waals surface area (Å²) in [6.45, 7) is 5.83. The third kappa shape index (κ3) is 5.27. The molecule has 1 aromatic carbocycles. The van der Waals surface area contributed by atoms with Crippen molar-refractivity contribution in [2.24, 2.45) is 0 Å². The van der Waals surface area contributed by atoms with Crippen LogP contribution in [0.1, 0.15) is 19.4 Å². The van der Waals surface area contributed by atoms with Crippen LogP contribution in [0.5, 0.6) is 0 Å². The van der Waals surface area contributed by atoms with Crippen LogP contribution in [0.15, 0.2) is 46.2 Å². The minimum atomic E-state index is -0.389. The second kappa shape index (κ2) is 9.37. The van der Waals surface area contributed by atoms with Crippen LogP contribution in [0.4, 0.5) is 5.69 Å². The van der Waals surface area contributed by atoms with E-state index in [1.54, 1.807) is 19.9 Å². The molecule has 0 heterocycles. The van der Waals surface area contributed by atoms with Crippen LogP contribution >= 0.6 is 15.9 Å². The van der Waals surface area contributed by atoms with Gasteiger partial charge in [-0.2, -0.15) is 5.48 Å². The molecule has 0 aliphatic heterocycles. The number of benzene rings is 1. The largest absolute Gasteiger partial charge is 0.350 e. The van der Waals surface area contributed by atoms with Crippen LogP contribution in [0.25, 0.3) is 0 Å². The summed E-state index contributed by atoms with van der Waals surface area (Å²) in [7, 11) is 0. The third-order valence-corrected chi connectivity index (χ3v) is 3.32. The maximum absolute atomic E-state index is 12.1. The number of nitrogens with two attached hydrogens (primary N) is 1. The Labute approximate surface area is 138 Å². The molecule has 0 aromatic heterocycles. The van der Waals surface area contributed by atoms with Crippen LogP contribution < -0.4 is 16.3 Å². The lowest BCUT2D eigenvalue weighted by Gasteiger charge is -2.14. The molecule has 0 saturated carbocycles. The van der Waals surface area contributed by atoms with Gasteiger partial charge in [-0.15, -0.1) is 0 Å². The summed E-state index contributed by atoms with van der Waals surface area (Å²) >= 11 is 3.41. The zero-order valence-electron chi connectivity index (χ0n) is 12.8. The molecule has 0 radical (unpaired) electrons. The van der Waals surface area contributed by atoms with Crippen molar-refractivity contribution in [1.82, 2.24) is 5.48 Å². The zero-order valence-corrected chi connectivity index (χ0v) is 14.4. The number of anilines is 1. The predicted molar refractivity (Wildman–Crippen MR) is 87.8 cm³/mol. The summed E-state index contributed by atoms with van der Waals surface area (Å²) in [5.74, 6) is -0.389. The van der Waals surface area contributed by atoms with Gasteiger partial charge in [0.1, 0.15) is 11.9 Å². The number of aryl methyl sites for hydroxylation is 1. The number of hydrogen-bond donors (Lipinski definition) is 4. The Kier molecular flexibility index (Phi) is 7.83. The predicted octanol–water partition coefficient (Wildman–Crippen LogP) is 1.98. The first kappa shape index (κ1) is 18.4. The van der Waals surface area contributed by atoms with Crippen molar-refractivity contribution in [2.75, 3.05) is 11.9 Å². The van der Waals surface area contributed by atoms with Crippen molar-refractivity contribution in [1.29, 1.82) is 0 Å². The highest BCUT2D eigenvalue weighted by atomic mass is 79.9. The van der Waals surface area contributed by atoms with Crippen molar-refractivity contribution in [3.8, 4) is 0 Å². The van der Waals surface area contributed by atoms with E-state index < -0.39 is 0 Å². The number of amides is 1. The smallest absolute Gasteiger partial charge is 0.276 e. The summed E-state index contributed by atoms with van der Waals surface area (Å²) in [5.41, 5.74) is 5.88. The van der Waals surface area contributed by atoms with Gasteiger partial charge < -0.3 is 5.32 Å². The van der Waals surface area contributed by atoms with Gasteiger partial charge in [-0.05, 0) is 44.5 Å². The lowest BCUT2D eigenvalue weighted by Crippen LogP contribution is -2.74. The van der Waals surface area contributed by atoms with E-state index in [4.69, 9.17) is 10.0 Å². The molecule has 6 nitrogen and oxygen atoms in total. The maximum Gasteiger partial charge on any atom is 0.276 e.